The highest BCUT2D eigenvalue weighted by atomic mass is 16.5. The molecule has 2 heteroatoms. The lowest BCUT2D eigenvalue weighted by Gasteiger charge is -2.28. The van der Waals surface area contributed by atoms with E-state index in [9.17, 15) is 0 Å². The van der Waals surface area contributed by atoms with Gasteiger partial charge in [0.15, 0.2) is 0 Å². The van der Waals surface area contributed by atoms with Gasteiger partial charge in [0.25, 0.3) is 0 Å². The van der Waals surface area contributed by atoms with Crippen LogP contribution in [0.25, 0.3) is 0 Å². The van der Waals surface area contributed by atoms with Crippen LogP contribution in [-0.2, 0) is 4.74 Å². The first kappa shape index (κ1) is 11.0. The van der Waals surface area contributed by atoms with E-state index in [2.05, 4.69) is 12.4 Å². The molecule has 1 aliphatic rings. The molecule has 0 spiro atoms. The number of hydrogen-bond acceptors (Lipinski definition) is 2. The molecule has 0 heterocycles. The Morgan fingerprint density at radius 2 is 2.23 bits per heavy atom. The van der Waals surface area contributed by atoms with Crippen molar-refractivity contribution in [2.45, 2.75) is 44.6 Å². The fraction of sp³-hybridized carbons (Fsp3) is 1.00. The average Bonchev–Trinajstić information content (AvgIpc) is 2.19. The van der Waals surface area contributed by atoms with Gasteiger partial charge >= 0.3 is 0 Å². The van der Waals surface area contributed by atoms with E-state index in [1.165, 1.54) is 38.5 Å². The summed E-state index contributed by atoms with van der Waals surface area (Å²) in [5, 5.41) is 3.39. The number of rotatable bonds is 5. The molecular formula is C11H23NO. The molecule has 2 nitrogen and oxygen atoms in total. The molecule has 2 unspecified atom stereocenters. The zero-order valence-corrected chi connectivity index (χ0v) is 9.01. The summed E-state index contributed by atoms with van der Waals surface area (Å²) in [5.74, 6) is 0.946. The van der Waals surface area contributed by atoms with Gasteiger partial charge in [-0.05, 0) is 38.6 Å². The second-order valence-corrected chi connectivity index (χ2v) is 4.15. The van der Waals surface area contributed by atoms with Gasteiger partial charge < -0.3 is 10.1 Å². The van der Waals surface area contributed by atoms with Crippen molar-refractivity contribution in [3.63, 3.8) is 0 Å². The van der Waals surface area contributed by atoms with Gasteiger partial charge in [-0.2, -0.15) is 0 Å². The Hall–Kier alpha value is -0.0800. The molecule has 78 valence electrons. The molecule has 0 aromatic heterocycles. The highest BCUT2D eigenvalue weighted by Gasteiger charge is 2.19. The molecule has 0 radical (unpaired) electrons. The standard InChI is InChI=1S/C11H23NO/c1-12-11-7-3-5-10(9-11)6-4-8-13-2/h10-12H,3-9H2,1-2H3. The molecule has 0 aromatic rings. The van der Waals surface area contributed by atoms with Crippen molar-refractivity contribution in [2.75, 3.05) is 20.8 Å². The third kappa shape index (κ3) is 4.10. The minimum Gasteiger partial charge on any atom is -0.385 e. The molecule has 0 aromatic carbocycles. The lowest BCUT2D eigenvalue weighted by molar-refractivity contribution is 0.178. The molecule has 13 heavy (non-hydrogen) atoms. The molecule has 1 N–H and O–H groups in total. The number of methoxy groups -OCH3 is 1. The molecule has 1 fully saturated rings. The maximum atomic E-state index is 5.07. The van der Waals surface area contributed by atoms with E-state index in [1.54, 1.807) is 7.11 Å². The lowest BCUT2D eigenvalue weighted by atomic mass is 9.83. The van der Waals surface area contributed by atoms with Crippen molar-refractivity contribution in [2.24, 2.45) is 5.92 Å². The summed E-state index contributed by atoms with van der Waals surface area (Å²) in [5.41, 5.74) is 0. The quantitative estimate of drug-likeness (QED) is 0.663. The fourth-order valence-electron chi connectivity index (χ4n) is 2.33. The van der Waals surface area contributed by atoms with Crippen LogP contribution in [0.5, 0.6) is 0 Å². The highest BCUT2D eigenvalue weighted by molar-refractivity contribution is 4.76. The van der Waals surface area contributed by atoms with E-state index in [0.29, 0.717) is 0 Å². The summed E-state index contributed by atoms with van der Waals surface area (Å²) in [7, 11) is 3.87. The topological polar surface area (TPSA) is 21.3 Å². The smallest absolute Gasteiger partial charge is 0.0462 e. The Labute approximate surface area is 82.0 Å². The Balaban J connectivity index is 2.11. The molecule has 0 aliphatic heterocycles. The van der Waals surface area contributed by atoms with Gasteiger partial charge in [0.2, 0.25) is 0 Å². The van der Waals surface area contributed by atoms with Crippen LogP contribution in [-0.4, -0.2) is 26.8 Å². The maximum Gasteiger partial charge on any atom is 0.0462 e. The summed E-state index contributed by atoms with van der Waals surface area (Å²) in [6, 6.07) is 0.779. The highest BCUT2D eigenvalue weighted by Crippen LogP contribution is 2.27. The van der Waals surface area contributed by atoms with Crippen molar-refractivity contribution in [3.05, 3.63) is 0 Å². The fourth-order valence-corrected chi connectivity index (χ4v) is 2.33. The Morgan fingerprint density at radius 1 is 1.38 bits per heavy atom. The van der Waals surface area contributed by atoms with E-state index in [1.807, 2.05) is 0 Å². The summed E-state index contributed by atoms with van der Waals surface area (Å²) in [6.45, 7) is 0.931. The summed E-state index contributed by atoms with van der Waals surface area (Å²) >= 11 is 0. The molecular weight excluding hydrogens is 162 g/mol. The number of hydrogen-bond donors (Lipinski definition) is 1. The minimum atomic E-state index is 0.779. The van der Waals surface area contributed by atoms with Crippen LogP contribution < -0.4 is 5.32 Å². The van der Waals surface area contributed by atoms with E-state index >= 15 is 0 Å². The average molecular weight is 185 g/mol. The molecule has 1 saturated carbocycles. The van der Waals surface area contributed by atoms with Crippen LogP contribution >= 0.6 is 0 Å². The Kier molecular flexibility index (Phi) is 5.40. The van der Waals surface area contributed by atoms with Crippen LogP contribution in [0.4, 0.5) is 0 Å². The van der Waals surface area contributed by atoms with E-state index in [0.717, 1.165) is 18.6 Å². The second kappa shape index (κ2) is 6.39. The second-order valence-electron chi connectivity index (χ2n) is 4.15. The van der Waals surface area contributed by atoms with Crippen LogP contribution in [0.1, 0.15) is 38.5 Å². The first-order chi connectivity index (χ1) is 6.36. The van der Waals surface area contributed by atoms with Gasteiger partial charge in [0, 0.05) is 19.8 Å². The van der Waals surface area contributed by atoms with Crippen molar-refractivity contribution in [3.8, 4) is 0 Å². The van der Waals surface area contributed by atoms with E-state index in [4.69, 9.17) is 4.74 Å². The lowest BCUT2D eigenvalue weighted by Crippen LogP contribution is -2.31. The normalized spacial score (nSPS) is 29.1. The van der Waals surface area contributed by atoms with Crippen molar-refractivity contribution >= 4 is 0 Å². The third-order valence-electron chi connectivity index (χ3n) is 3.15. The molecule has 1 rings (SSSR count). The summed E-state index contributed by atoms with van der Waals surface area (Å²) < 4.78 is 5.07. The molecule has 1 aliphatic carbocycles. The van der Waals surface area contributed by atoms with E-state index < -0.39 is 0 Å². The van der Waals surface area contributed by atoms with Crippen LogP contribution in [0.15, 0.2) is 0 Å². The zero-order valence-electron chi connectivity index (χ0n) is 9.01. The third-order valence-corrected chi connectivity index (χ3v) is 3.15. The van der Waals surface area contributed by atoms with Crippen LogP contribution in [0.3, 0.4) is 0 Å². The van der Waals surface area contributed by atoms with E-state index in [-0.39, 0.29) is 0 Å². The SMILES string of the molecule is CNC1CCCC(CCCOC)C1. The minimum absolute atomic E-state index is 0.779. The predicted octanol–water partition coefficient (Wildman–Crippen LogP) is 2.19. The monoisotopic (exact) mass is 185 g/mol. The summed E-state index contributed by atoms with van der Waals surface area (Å²) in [4.78, 5) is 0. The molecule has 2 atom stereocenters. The maximum absolute atomic E-state index is 5.07. The van der Waals surface area contributed by atoms with Crippen molar-refractivity contribution < 1.29 is 4.74 Å². The predicted molar refractivity (Wildman–Crippen MR) is 55.9 cm³/mol. The first-order valence-corrected chi connectivity index (χ1v) is 5.53. The van der Waals surface area contributed by atoms with Crippen LogP contribution in [0.2, 0.25) is 0 Å². The van der Waals surface area contributed by atoms with Gasteiger partial charge in [0.1, 0.15) is 0 Å². The Bertz CT molecular complexity index is 127. The van der Waals surface area contributed by atoms with Gasteiger partial charge in [-0.3, -0.25) is 0 Å². The molecule has 0 saturated heterocycles. The summed E-state index contributed by atoms with van der Waals surface area (Å²) in [6.07, 6.45) is 8.17. The van der Waals surface area contributed by atoms with Crippen LogP contribution in [0, 0.1) is 5.92 Å². The van der Waals surface area contributed by atoms with Gasteiger partial charge in [-0.1, -0.05) is 12.8 Å². The van der Waals surface area contributed by atoms with Gasteiger partial charge in [0.05, 0.1) is 0 Å². The van der Waals surface area contributed by atoms with Gasteiger partial charge in [-0.25, -0.2) is 0 Å². The zero-order chi connectivity index (χ0) is 9.52. The van der Waals surface area contributed by atoms with Crippen molar-refractivity contribution in [1.29, 1.82) is 0 Å². The molecule has 0 bridgehead atoms. The van der Waals surface area contributed by atoms with Crippen molar-refractivity contribution in [1.82, 2.24) is 5.32 Å². The van der Waals surface area contributed by atoms with Gasteiger partial charge in [-0.15, -0.1) is 0 Å². The molecule has 0 amide bonds. The largest absolute Gasteiger partial charge is 0.385 e. The first-order valence-electron chi connectivity index (χ1n) is 5.53. The number of ether oxygens (including phenoxy) is 1. The number of nitrogens with one attached hydrogen (secondary N) is 1. The Morgan fingerprint density at radius 3 is 2.92 bits per heavy atom.